The van der Waals surface area contributed by atoms with Gasteiger partial charge in [0.05, 0.1) is 12.1 Å². The first-order valence-electron chi connectivity index (χ1n) is 10.7. The molecule has 0 radical (unpaired) electrons. The van der Waals surface area contributed by atoms with Gasteiger partial charge in [0.15, 0.2) is 0 Å². The van der Waals surface area contributed by atoms with E-state index in [9.17, 15) is 9.59 Å². The Kier molecular flexibility index (Phi) is 6.09. The molecule has 4 rings (SSSR count). The van der Waals surface area contributed by atoms with Crippen LogP contribution in [0, 0.1) is 12.8 Å². The van der Waals surface area contributed by atoms with Gasteiger partial charge in [-0.15, -0.1) is 0 Å². The van der Waals surface area contributed by atoms with E-state index in [-0.39, 0.29) is 17.4 Å². The lowest BCUT2D eigenvalue weighted by Gasteiger charge is -2.32. The molecule has 6 heteroatoms. The minimum absolute atomic E-state index is 0.0985. The van der Waals surface area contributed by atoms with E-state index in [0.29, 0.717) is 12.2 Å². The van der Waals surface area contributed by atoms with Crippen LogP contribution in [0.3, 0.4) is 0 Å². The fraction of sp³-hybridized carbons (Fsp3) is 0.522. The maximum absolute atomic E-state index is 12.7. The zero-order valence-electron chi connectivity index (χ0n) is 17.1. The summed E-state index contributed by atoms with van der Waals surface area (Å²) in [6.45, 7) is 5.50. The Bertz CT molecular complexity index is 892. The molecule has 1 amide bonds. The molecule has 2 saturated heterocycles. The van der Waals surface area contributed by atoms with E-state index in [0.717, 1.165) is 62.6 Å². The van der Waals surface area contributed by atoms with Crippen LogP contribution < -0.4 is 10.9 Å². The highest BCUT2D eigenvalue weighted by Crippen LogP contribution is 2.26. The number of aromatic nitrogens is 2. The van der Waals surface area contributed by atoms with E-state index in [1.165, 1.54) is 12.0 Å². The lowest BCUT2D eigenvalue weighted by Crippen LogP contribution is -2.39. The highest BCUT2D eigenvalue weighted by molar-refractivity contribution is 5.78. The lowest BCUT2D eigenvalue weighted by atomic mass is 9.93. The van der Waals surface area contributed by atoms with Crippen molar-refractivity contribution in [2.45, 2.75) is 44.9 Å². The summed E-state index contributed by atoms with van der Waals surface area (Å²) in [6.07, 6.45) is 4.54. The molecule has 154 valence electrons. The third kappa shape index (κ3) is 5.12. The van der Waals surface area contributed by atoms with Gasteiger partial charge in [0, 0.05) is 25.1 Å². The molecule has 0 bridgehead atoms. The van der Waals surface area contributed by atoms with Crippen LogP contribution in [-0.4, -0.2) is 47.0 Å². The Labute approximate surface area is 171 Å². The lowest BCUT2D eigenvalue weighted by molar-refractivity contribution is -0.131. The SMILES string of the molecule is Cc1nc(C2CCN(C(=O)Cc3ccc(CC4CCNC4)cc3)CC2)cc(=O)[nH]1. The zero-order chi connectivity index (χ0) is 20.2. The average molecular weight is 395 g/mol. The number of H-pyrrole nitrogens is 1. The molecule has 2 N–H and O–H groups in total. The average Bonchev–Trinajstić information content (AvgIpc) is 3.22. The molecule has 29 heavy (non-hydrogen) atoms. The van der Waals surface area contributed by atoms with E-state index in [1.54, 1.807) is 13.0 Å². The summed E-state index contributed by atoms with van der Waals surface area (Å²) >= 11 is 0. The number of amides is 1. The smallest absolute Gasteiger partial charge is 0.251 e. The Balaban J connectivity index is 1.28. The Morgan fingerprint density at radius 2 is 1.86 bits per heavy atom. The number of hydrogen-bond donors (Lipinski definition) is 2. The van der Waals surface area contributed by atoms with Gasteiger partial charge < -0.3 is 15.2 Å². The zero-order valence-corrected chi connectivity index (χ0v) is 17.1. The molecule has 0 spiro atoms. The van der Waals surface area contributed by atoms with Gasteiger partial charge in [0.25, 0.3) is 5.56 Å². The van der Waals surface area contributed by atoms with Crippen molar-refractivity contribution in [2.75, 3.05) is 26.2 Å². The number of hydrogen-bond acceptors (Lipinski definition) is 4. The molecule has 2 fully saturated rings. The Hall–Kier alpha value is -2.47. The topological polar surface area (TPSA) is 78.1 Å². The van der Waals surface area contributed by atoms with Crippen LogP contribution in [0.25, 0.3) is 0 Å². The minimum atomic E-state index is -0.0985. The molecule has 1 aromatic carbocycles. The molecule has 3 heterocycles. The number of carbonyl (C=O) groups is 1. The van der Waals surface area contributed by atoms with Crippen molar-refractivity contribution in [1.82, 2.24) is 20.2 Å². The number of likely N-dealkylation sites (tertiary alicyclic amines) is 1. The number of benzene rings is 1. The van der Waals surface area contributed by atoms with Crippen LogP contribution in [0.1, 0.15) is 47.8 Å². The van der Waals surface area contributed by atoms with Gasteiger partial charge >= 0.3 is 0 Å². The first-order chi connectivity index (χ1) is 14.1. The van der Waals surface area contributed by atoms with Crippen LogP contribution >= 0.6 is 0 Å². The number of carbonyl (C=O) groups excluding carboxylic acids is 1. The first-order valence-corrected chi connectivity index (χ1v) is 10.7. The van der Waals surface area contributed by atoms with Crippen molar-refractivity contribution in [3.63, 3.8) is 0 Å². The summed E-state index contributed by atoms with van der Waals surface area (Å²) in [7, 11) is 0. The molecule has 1 aromatic heterocycles. The van der Waals surface area contributed by atoms with Crippen LogP contribution in [0.4, 0.5) is 0 Å². The van der Waals surface area contributed by atoms with Gasteiger partial charge in [0.1, 0.15) is 5.82 Å². The number of aromatic amines is 1. The molecule has 2 aliphatic rings. The molecule has 2 aromatic rings. The largest absolute Gasteiger partial charge is 0.342 e. The molecule has 1 unspecified atom stereocenters. The summed E-state index contributed by atoms with van der Waals surface area (Å²) in [4.78, 5) is 33.5. The van der Waals surface area contributed by atoms with E-state index in [2.05, 4.69) is 39.6 Å². The molecule has 1 atom stereocenters. The van der Waals surface area contributed by atoms with Crippen molar-refractivity contribution < 1.29 is 4.79 Å². The number of piperidine rings is 1. The first kappa shape index (κ1) is 19.8. The Morgan fingerprint density at radius 3 is 2.52 bits per heavy atom. The highest BCUT2D eigenvalue weighted by Gasteiger charge is 2.25. The van der Waals surface area contributed by atoms with Gasteiger partial charge in [0.2, 0.25) is 5.91 Å². The number of aryl methyl sites for hydroxylation is 1. The second kappa shape index (κ2) is 8.91. The van der Waals surface area contributed by atoms with E-state index < -0.39 is 0 Å². The van der Waals surface area contributed by atoms with Gasteiger partial charge in [-0.2, -0.15) is 0 Å². The third-order valence-corrected chi connectivity index (χ3v) is 6.21. The number of nitrogens with one attached hydrogen (secondary N) is 2. The second-order valence-electron chi connectivity index (χ2n) is 8.47. The van der Waals surface area contributed by atoms with Gasteiger partial charge in [-0.1, -0.05) is 24.3 Å². The molecule has 0 saturated carbocycles. The number of nitrogens with zero attached hydrogens (tertiary/aromatic N) is 2. The van der Waals surface area contributed by atoms with Crippen molar-refractivity contribution >= 4 is 5.91 Å². The van der Waals surface area contributed by atoms with E-state index in [1.807, 2.05) is 4.90 Å². The van der Waals surface area contributed by atoms with E-state index >= 15 is 0 Å². The van der Waals surface area contributed by atoms with Crippen LogP contribution in [-0.2, 0) is 17.6 Å². The quantitative estimate of drug-likeness (QED) is 0.815. The van der Waals surface area contributed by atoms with Gasteiger partial charge in [-0.25, -0.2) is 4.98 Å². The normalized spacial score (nSPS) is 20.2. The molecule has 2 aliphatic heterocycles. The molecular formula is C23H30N4O2. The maximum atomic E-state index is 12.7. The van der Waals surface area contributed by atoms with Crippen molar-refractivity contribution in [3.8, 4) is 0 Å². The fourth-order valence-corrected chi connectivity index (χ4v) is 4.54. The van der Waals surface area contributed by atoms with Gasteiger partial charge in [-0.3, -0.25) is 9.59 Å². The molecule has 0 aliphatic carbocycles. The highest BCUT2D eigenvalue weighted by atomic mass is 16.2. The molecule has 6 nitrogen and oxygen atoms in total. The fourth-order valence-electron chi connectivity index (χ4n) is 4.54. The van der Waals surface area contributed by atoms with Crippen LogP contribution in [0.5, 0.6) is 0 Å². The van der Waals surface area contributed by atoms with Crippen molar-refractivity contribution in [1.29, 1.82) is 0 Å². The number of rotatable bonds is 5. The van der Waals surface area contributed by atoms with Gasteiger partial charge in [-0.05, 0) is 62.7 Å². The summed E-state index contributed by atoms with van der Waals surface area (Å²) in [5.74, 6) is 1.83. The second-order valence-corrected chi connectivity index (χ2v) is 8.47. The summed E-state index contributed by atoms with van der Waals surface area (Å²) < 4.78 is 0. The summed E-state index contributed by atoms with van der Waals surface area (Å²) in [6, 6.07) is 10.1. The maximum Gasteiger partial charge on any atom is 0.251 e. The van der Waals surface area contributed by atoms with E-state index in [4.69, 9.17) is 0 Å². The monoisotopic (exact) mass is 394 g/mol. The predicted octanol–water partition coefficient (Wildman–Crippen LogP) is 2.18. The Morgan fingerprint density at radius 1 is 1.14 bits per heavy atom. The third-order valence-electron chi connectivity index (χ3n) is 6.21. The van der Waals surface area contributed by atoms with Crippen molar-refractivity contribution in [2.24, 2.45) is 5.92 Å². The standard InChI is InChI=1S/C23H30N4O2/c1-16-25-21(14-22(28)26-16)20-7-10-27(11-8-20)23(29)13-18-4-2-17(3-5-18)12-19-6-9-24-15-19/h2-5,14,19-20,24H,6-13,15H2,1H3,(H,25,26,28). The minimum Gasteiger partial charge on any atom is -0.342 e. The van der Waals surface area contributed by atoms with Crippen LogP contribution in [0.15, 0.2) is 35.1 Å². The predicted molar refractivity (Wildman–Crippen MR) is 113 cm³/mol. The molecular weight excluding hydrogens is 364 g/mol. The van der Waals surface area contributed by atoms with Crippen LogP contribution in [0.2, 0.25) is 0 Å². The summed E-state index contributed by atoms with van der Waals surface area (Å²) in [5, 5.41) is 3.41. The summed E-state index contributed by atoms with van der Waals surface area (Å²) in [5.41, 5.74) is 3.19. The van der Waals surface area contributed by atoms with Crippen molar-refractivity contribution in [3.05, 3.63) is 63.3 Å².